The summed E-state index contributed by atoms with van der Waals surface area (Å²) in [6.07, 6.45) is 0. The smallest absolute Gasteiger partial charge is 0.338 e. The van der Waals surface area contributed by atoms with Crippen LogP contribution in [0.5, 0.6) is 0 Å². The number of nitro groups is 1. The van der Waals surface area contributed by atoms with E-state index >= 15 is 0 Å². The molecule has 0 aliphatic heterocycles. The van der Waals surface area contributed by atoms with Gasteiger partial charge in [-0.1, -0.05) is 11.6 Å². The van der Waals surface area contributed by atoms with Crippen LogP contribution in [0.3, 0.4) is 0 Å². The maximum atomic E-state index is 13.4. The van der Waals surface area contributed by atoms with Gasteiger partial charge >= 0.3 is 5.97 Å². The van der Waals surface area contributed by atoms with Gasteiger partial charge in [0.25, 0.3) is 11.6 Å². The number of carbonyl (C=O) groups is 2. The number of halogens is 3. The average Bonchev–Trinajstić information content (AvgIpc) is 2.56. The number of anilines is 1. The highest BCUT2D eigenvalue weighted by atomic mass is 35.5. The first-order valence-corrected chi connectivity index (χ1v) is 7.01. The predicted octanol–water partition coefficient (Wildman–Crippen LogP) is 3.32. The molecule has 0 unspecified atom stereocenters. The van der Waals surface area contributed by atoms with E-state index in [9.17, 15) is 28.5 Å². The summed E-state index contributed by atoms with van der Waals surface area (Å²) < 4.78 is 31.1. The summed E-state index contributed by atoms with van der Waals surface area (Å²) >= 11 is 5.62. The third kappa shape index (κ3) is 4.70. The van der Waals surface area contributed by atoms with Gasteiger partial charge in [0.15, 0.2) is 6.61 Å². The van der Waals surface area contributed by atoms with Crippen LogP contribution in [0.25, 0.3) is 0 Å². The lowest BCUT2D eigenvalue weighted by molar-refractivity contribution is -0.384. The molecule has 2 aromatic rings. The zero-order chi connectivity index (χ0) is 18.6. The molecule has 0 bridgehead atoms. The van der Waals surface area contributed by atoms with E-state index in [1.54, 1.807) is 0 Å². The molecule has 7 nitrogen and oxygen atoms in total. The van der Waals surface area contributed by atoms with Crippen molar-refractivity contribution in [1.82, 2.24) is 0 Å². The Morgan fingerprint density at radius 1 is 1.20 bits per heavy atom. The number of esters is 1. The average molecular weight is 371 g/mol. The molecule has 25 heavy (non-hydrogen) atoms. The van der Waals surface area contributed by atoms with Gasteiger partial charge in [0.05, 0.1) is 16.2 Å². The fraction of sp³-hybridized carbons (Fsp3) is 0.0667. The van der Waals surface area contributed by atoms with E-state index in [4.69, 9.17) is 11.6 Å². The van der Waals surface area contributed by atoms with Gasteiger partial charge in [-0.05, 0) is 24.3 Å². The first-order chi connectivity index (χ1) is 11.8. The van der Waals surface area contributed by atoms with Gasteiger partial charge in [-0.25, -0.2) is 13.6 Å². The number of hydrogen-bond acceptors (Lipinski definition) is 5. The van der Waals surface area contributed by atoms with Crippen LogP contribution in [0.2, 0.25) is 5.02 Å². The van der Waals surface area contributed by atoms with Crippen LogP contribution in [-0.4, -0.2) is 23.4 Å². The minimum atomic E-state index is -1.02. The zero-order valence-corrected chi connectivity index (χ0v) is 13.0. The Hall–Kier alpha value is -3.07. The van der Waals surface area contributed by atoms with Crippen molar-refractivity contribution in [2.24, 2.45) is 0 Å². The second kappa shape index (κ2) is 7.67. The molecular weight excluding hydrogens is 362 g/mol. The molecular formula is C15H9ClF2N2O5. The second-order valence-electron chi connectivity index (χ2n) is 4.67. The molecule has 130 valence electrons. The van der Waals surface area contributed by atoms with Gasteiger partial charge in [0, 0.05) is 12.1 Å². The monoisotopic (exact) mass is 370 g/mol. The normalized spacial score (nSPS) is 10.2. The molecule has 1 N–H and O–H groups in total. The van der Waals surface area contributed by atoms with E-state index in [0.717, 1.165) is 30.3 Å². The van der Waals surface area contributed by atoms with Gasteiger partial charge in [0.2, 0.25) is 0 Å². The first kappa shape index (κ1) is 18.3. The van der Waals surface area contributed by atoms with Crippen molar-refractivity contribution in [1.29, 1.82) is 0 Å². The molecule has 0 radical (unpaired) electrons. The molecule has 1 amide bonds. The van der Waals surface area contributed by atoms with Crippen molar-refractivity contribution >= 4 is 34.9 Å². The molecule has 0 saturated carbocycles. The summed E-state index contributed by atoms with van der Waals surface area (Å²) in [5.41, 5.74) is -1.11. The Kier molecular flexibility index (Phi) is 5.60. The van der Waals surface area contributed by atoms with Crippen LogP contribution in [0.1, 0.15) is 10.4 Å². The molecule has 2 rings (SSSR count). The first-order valence-electron chi connectivity index (χ1n) is 6.64. The highest BCUT2D eigenvalue weighted by Crippen LogP contribution is 2.25. The Bertz CT molecular complexity index is 860. The molecule has 0 atom stereocenters. The van der Waals surface area contributed by atoms with Gasteiger partial charge < -0.3 is 10.1 Å². The van der Waals surface area contributed by atoms with Crippen molar-refractivity contribution in [2.45, 2.75) is 0 Å². The van der Waals surface area contributed by atoms with Crippen molar-refractivity contribution in [3.05, 3.63) is 68.7 Å². The maximum Gasteiger partial charge on any atom is 0.338 e. The second-order valence-corrected chi connectivity index (χ2v) is 5.08. The van der Waals surface area contributed by atoms with Crippen LogP contribution < -0.4 is 5.32 Å². The molecule has 0 aliphatic carbocycles. The van der Waals surface area contributed by atoms with E-state index in [1.807, 2.05) is 5.32 Å². The van der Waals surface area contributed by atoms with E-state index in [0.29, 0.717) is 0 Å². The van der Waals surface area contributed by atoms with E-state index in [1.165, 1.54) is 6.07 Å². The molecule has 0 heterocycles. The van der Waals surface area contributed by atoms with E-state index in [2.05, 4.69) is 4.74 Å². The number of carbonyl (C=O) groups excluding carboxylic acids is 2. The number of nitrogens with zero attached hydrogens (tertiary/aromatic N) is 1. The molecule has 0 aromatic heterocycles. The number of rotatable bonds is 5. The SMILES string of the molecule is O=C(COC(=O)c1ccc(Cl)c([N+](=O)[O-])c1)Nc1cc(F)ccc1F. The highest BCUT2D eigenvalue weighted by molar-refractivity contribution is 6.32. The molecule has 2 aromatic carbocycles. The molecule has 0 saturated heterocycles. The number of amides is 1. The van der Waals surface area contributed by atoms with Crippen LogP contribution >= 0.6 is 11.6 Å². The highest BCUT2D eigenvalue weighted by Gasteiger charge is 2.18. The minimum absolute atomic E-state index is 0.166. The number of ether oxygens (including phenoxy) is 1. The molecule has 0 spiro atoms. The van der Waals surface area contributed by atoms with Gasteiger partial charge in [-0.3, -0.25) is 14.9 Å². The summed E-state index contributed by atoms with van der Waals surface area (Å²) in [6, 6.07) is 5.68. The van der Waals surface area contributed by atoms with E-state index in [-0.39, 0.29) is 10.6 Å². The maximum absolute atomic E-state index is 13.4. The van der Waals surface area contributed by atoms with Crippen LogP contribution in [0.4, 0.5) is 20.2 Å². The summed E-state index contributed by atoms with van der Waals surface area (Å²) in [5, 5.41) is 12.6. The van der Waals surface area contributed by atoms with Gasteiger partial charge in [-0.15, -0.1) is 0 Å². The summed E-state index contributed by atoms with van der Waals surface area (Å²) in [4.78, 5) is 33.4. The molecule has 10 heteroatoms. The van der Waals surface area contributed by atoms with Crippen LogP contribution in [-0.2, 0) is 9.53 Å². The summed E-state index contributed by atoms with van der Waals surface area (Å²) in [6.45, 7) is -0.800. The fourth-order valence-corrected chi connectivity index (χ4v) is 1.96. The lowest BCUT2D eigenvalue weighted by atomic mass is 10.2. The molecule has 0 fully saturated rings. The number of nitro benzene ring substituents is 1. The van der Waals surface area contributed by atoms with E-state index < -0.39 is 46.4 Å². The van der Waals surface area contributed by atoms with Crippen molar-refractivity contribution in [3.8, 4) is 0 Å². The molecule has 0 aliphatic rings. The van der Waals surface area contributed by atoms with Gasteiger partial charge in [0.1, 0.15) is 16.7 Å². The topological polar surface area (TPSA) is 98.5 Å². The lowest BCUT2D eigenvalue weighted by Crippen LogP contribution is -2.21. The van der Waals surface area contributed by atoms with Crippen molar-refractivity contribution in [2.75, 3.05) is 11.9 Å². The largest absolute Gasteiger partial charge is 0.452 e. The minimum Gasteiger partial charge on any atom is -0.452 e. The quantitative estimate of drug-likeness (QED) is 0.494. The van der Waals surface area contributed by atoms with Crippen molar-refractivity contribution in [3.63, 3.8) is 0 Å². The number of hydrogen-bond donors (Lipinski definition) is 1. The lowest BCUT2D eigenvalue weighted by Gasteiger charge is -2.08. The Labute approximate surface area is 144 Å². The predicted molar refractivity (Wildman–Crippen MR) is 83.4 cm³/mol. The van der Waals surface area contributed by atoms with Crippen LogP contribution in [0.15, 0.2) is 36.4 Å². The Morgan fingerprint density at radius 3 is 2.60 bits per heavy atom. The fourth-order valence-electron chi connectivity index (χ4n) is 1.77. The van der Waals surface area contributed by atoms with Gasteiger partial charge in [-0.2, -0.15) is 0 Å². The number of nitrogens with one attached hydrogen (secondary N) is 1. The standard InChI is InChI=1S/C15H9ClF2N2O5/c16-10-3-1-8(5-13(10)20(23)24)15(22)25-7-14(21)19-12-6-9(17)2-4-11(12)18/h1-6H,7H2,(H,19,21). The Morgan fingerprint density at radius 2 is 1.92 bits per heavy atom. The van der Waals surface area contributed by atoms with Crippen LogP contribution in [0, 0.1) is 21.7 Å². The summed E-state index contributed by atoms with van der Waals surface area (Å²) in [5.74, 6) is -3.56. The van der Waals surface area contributed by atoms with Crippen molar-refractivity contribution < 1.29 is 28.0 Å². The summed E-state index contributed by atoms with van der Waals surface area (Å²) in [7, 11) is 0. The third-order valence-electron chi connectivity index (χ3n) is 2.92. The number of benzene rings is 2. The Balaban J connectivity index is 2.00. The zero-order valence-electron chi connectivity index (χ0n) is 12.3. The third-order valence-corrected chi connectivity index (χ3v) is 3.23.